The second-order valence-electron chi connectivity index (χ2n) is 6.05. The van der Waals surface area contributed by atoms with Gasteiger partial charge in [-0.05, 0) is 41.5 Å². The minimum absolute atomic E-state index is 0.209. The summed E-state index contributed by atoms with van der Waals surface area (Å²) in [5, 5.41) is 29.5. The number of phenols is 2. The number of rotatable bonds is 7. The van der Waals surface area contributed by atoms with Gasteiger partial charge in [0.25, 0.3) is 0 Å². The molecule has 0 saturated heterocycles. The highest BCUT2D eigenvalue weighted by Crippen LogP contribution is 2.25. The smallest absolute Gasteiger partial charge is 0.244 e. The lowest BCUT2D eigenvalue weighted by atomic mass is 10.2. The van der Waals surface area contributed by atoms with E-state index < -0.39 is 0 Å². The van der Waals surface area contributed by atoms with Crippen molar-refractivity contribution in [1.29, 1.82) is 0 Å². The molecule has 0 unspecified atom stereocenters. The molecule has 1 amide bonds. The Kier molecular flexibility index (Phi) is 5.91. The standard InChI is InChI=1S/C20H20N4O4/c1-28-17-6-2-15(3-7-17)12-24-13-16(22-23-24)11-21-20(27)9-5-14-4-8-18(25)19(26)10-14/h2-10,13,25-26H,11-12H2,1H3,(H,21,27)/b9-5+. The van der Waals surface area contributed by atoms with Crippen LogP contribution in [-0.4, -0.2) is 38.2 Å². The predicted molar refractivity (Wildman–Crippen MR) is 103 cm³/mol. The van der Waals surface area contributed by atoms with Gasteiger partial charge in [-0.15, -0.1) is 5.10 Å². The molecule has 3 N–H and O–H groups in total. The van der Waals surface area contributed by atoms with Gasteiger partial charge in [0.2, 0.25) is 5.91 Å². The SMILES string of the molecule is COc1ccc(Cn2cc(CNC(=O)/C=C/c3ccc(O)c(O)c3)nn2)cc1. The summed E-state index contributed by atoms with van der Waals surface area (Å²) in [7, 11) is 1.62. The molecule has 144 valence electrons. The molecule has 1 aromatic heterocycles. The summed E-state index contributed by atoms with van der Waals surface area (Å²) in [5.74, 6) is 0.0361. The van der Waals surface area contributed by atoms with Crippen LogP contribution in [0.3, 0.4) is 0 Å². The zero-order valence-corrected chi connectivity index (χ0v) is 15.2. The Morgan fingerprint density at radius 1 is 1.18 bits per heavy atom. The molecule has 0 atom stereocenters. The molecule has 1 heterocycles. The van der Waals surface area contributed by atoms with Crippen molar-refractivity contribution in [3.63, 3.8) is 0 Å². The van der Waals surface area contributed by atoms with E-state index in [-0.39, 0.29) is 24.0 Å². The summed E-state index contributed by atoms with van der Waals surface area (Å²) >= 11 is 0. The fraction of sp³-hybridized carbons (Fsp3) is 0.150. The third-order valence-corrected chi connectivity index (χ3v) is 3.96. The molecule has 0 radical (unpaired) electrons. The number of benzene rings is 2. The van der Waals surface area contributed by atoms with Crippen molar-refractivity contribution in [2.75, 3.05) is 7.11 Å². The van der Waals surface area contributed by atoms with Crippen LogP contribution in [0.1, 0.15) is 16.8 Å². The van der Waals surface area contributed by atoms with Crippen molar-refractivity contribution in [2.45, 2.75) is 13.1 Å². The summed E-state index contributed by atoms with van der Waals surface area (Å²) in [6, 6.07) is 12.0. The van der Waals surface area contributed by atoms with E-state index in [4.69, 9.17) is 4.74 Å². The van der Waals surface area contributed by atoms with Crippen LogP contribution in [0.15, 0.2) is 54.7 Å². The van der Waals surface area contributed by atoms with Gasteiger partial charge in [0, 0.05) is 6.08 Å². The molecule has 0 aliphatic heterocycles. The average Bonchev–Trinajstić information content (AvgIpc) is 3.15. The number of hydrogen-bond donors (Lipinski definition) is 3. The fourth-order valence-corrected chi connectivity index (χ4v) is 2.47. The molecule has 3 aromatic rings. The zero-order chi connectivity index (χ0) is 19.9. The van der Waals surface area contributed by atoms with Crippen molar-refractivity contribution in [1.82, 2.24) is 20.3 Å². The Morgan fingerprint density at radius 3 is 2.68 bits per heavy atom. The van der Waals surface area contributed by atoms with Crippen molar-refractivity contribution in [3.8, 4) is 17.2 Å². The molecular weight excluding hydrogens is 360 g/mol. The maximum Gasteiger partial charge on any atom is 0.244 e. The molecule has 0 bridgehead atoms. The molecule has 0 spiro atoms. The molecule has 0 aliphatic carbocycles. The quantitative estimate of drug-likeness (QED) is 0.428. The van der Waals surface area contributed by atoms with Gasteiger partial charge in [-0.2, -0.15) is 0 Å². The summed E-state index contributed by atoms with van der Waals surface area (Å²) in [6.07, 6.45) is 4.65. The van der Waals surface area contributed by atoms with E-state index in [9.17, 15) is 15.0 Å². The first kappa shape index (κ1) is 19.0. The monoisotopic (exact) mass is 380 g/mol. The number of ether oxygens (including phenoxy) is 1. The summed E-state index contributed by atoms with van der Waals surface area (Å²) < 4.78 is 6.83. The van der Waals surface area contributed by atoms with Gasteiger partial charge in [-0.25, -0.2) is 4.68 Å². The third-order valence-electron chi connectivity index (χ3n) is 3.96. The Morgan fingerprint density at radius 2 is 1.96 bits per heavy atom. The van der Waals surface area contributed by atoms with E-state index in [2.05, 4.69) is 15.6 Å². The second-order valence-corrected chi connectivity index (χ2v) is 6.05. The molecule has 0 aliphatic rings. The van der Waals surface area contributed by atoms with Crippen molar-refractivity contribution < 1.29 is 19.7 Å². The van der Waals surface area contributed by atoms with Crippen LogP contribution in [0.5, 0.6) is 17.2 Å². The van der Waals surface area contributed by atoms with Crippen LogP contribution in [0.25, 0.3) is 6.08 Å². The van der Waals surface area contributed by atoms with E-state index in [0.29, 0.717) is 17.8 Å². The highest BCUT2D eigenvalue weighted by Gasteiger charge is 2.04. The number of hydrogen-bond acceptors (Lipinski definition) is 6. The van der Waals surface area contributed by atoms with Gasteiger partial charge in [0.1, 0.15) is 11.4 Å². The van der Waals surface area contributed by atoms with Crippen molar-refractivity contribution in [2.24, 2.45) is 0 Å². The topological polar surface area (TPSA) is 110 Å². The number of carbonyl (C=O) groups is 1. The first-order chi connectivity index (χ1) is 13.5. The third kappa shape index (κ3) is 5.10. The van der Waals surface area contributed by atoms with Crippen LogP contribution in [-0.2, 0) is 17.9 Å². The average molecular weight is 380 g/mol. The van der Waals surface area contributed by atoms with E-state index >= 15 is 0 Å². The predicted octanol–water partition coefficient (Wildman–Crippen LogP) is 2.08. The first-order valence-electron chi connectivity index (χ1n) is 8.53. The minimum atomic E-state index is -0.308. The lowest BCUT2D eigenvalue weighted by Gasteiger charge is -2.03. The van der Waals surface area contributed by atoms with Gasteiger partial charge in [-0.1, -0.05) is 23.4 Å². The number of phenolic OH excluding ortho intramolecular Hbond substituents is 2. The molecule has 8 heteroatoms. The molecule has 8 nitrogen and oxygen atoms in total. The number of carbonyl (C=O) groups excluding carboxylic acids is 1. The number of nitrogens with zero attached hydrogens (tertiary/aromatic N) is 3. The Balaban J connectivity index is 1.51. The zero-order valence-electron chi connectivity index (χ0n) is 15.2. The van der Waals surface area contributed by atoms with Crippen LogP contribution in [0, 0.1) is 0 Å². The number of aromatic hydroxyl groups is 2. The van der Waals surface area contributed by atoms with Crippen LogP contribution in [0.2, 0.25) is 0 Å². The fourth-order valence-electron chi connectivity index (χ4n) is 2.47. The maximum atomic E-state index is 11.9. The van der Waals surface area contributed by atoms with Crippen molar-refractivity contribution in [3.05, 3.63) is 71.6 Å². The molecule has 28 heavy (non-hydrogen) atoms. The van der Waals surface area contributed by atoms with Gasteiger partial charge >= 0.3 is 0 Å². The Bertz CT molecular complexity index is 980. The van der Waals surface area contributed by atoms with E-state index in [1.807, 2.05) is 24.3 Å². The van der Waals surface area contributed by atoms with Gasteiger partial charge in [0.15, 0.2) is 11.5 Å². The summed E-state index contributed by atoms with van der Waals surface area (Å²) in [6.45, 7) is 0.807. The number of methoxy groups -OCH3 is 1. The largest absolute Gasteiger partial charge is 0.504 e. The van der Waals surface area contributed by atoms with Crippen molar-refractivity contribution >= 4 is 12.0 Å². The Hall–Kier alpha value is -3.81. The van der Waals surface area contributed by atoms with Gasteiger partial charge in [0.05, 0.1) is 26.4 Å². The number of aromatic nitrogens is 3. The highest BCUT2D eigenvalue weighted by atomic mass is 16.5. The first-order valence-corrected chi connectivity index (χ1v) is 8.53. The molecule has 2 aromatic carbocycles. The highest BCUT2D eigenvalue weighted by molar-refractivity contribution is 5.91. The molecular formula is C20H20N4O4. The Labute approximate surface area is 161 Å². The minimum Gasteiger partial charge on any atom is -0.504 e. The lowest BCUT2D eigenvalue weighted by Crippen LogP contribution is -2.20. The van der Waals surface area contributed by atoms with Crippen LogP contribution >= 0.6 is 0 Å². The molecule has 3 rings (SSSR count). The number of amides is 1. The maximum absolute atomic E-state index is 11.9. The van der Waals surface area contributed by atoms with E-state index in [1.54, 1.807) is 24.1 Å². The number of nitrogens with one attached hydrogen (secondary N) is 1. The summed E-state index contributed by atoms with van der Waals surface area (Å²) in [4.78, 5) is 11.9. The summed E-state index contributed by atoms with van der Waals surface area (Å²) in [5.41, 5.74) is 2.29. The molecule has 0 fully saturated rings. The molecule has 0 saturated carbocycles. The van der Waals surface area contributed by atoms with Crippen LogP contribution < -0.4 is 10.1 Å². The van der Waals surface area contributed by atoms with Crippen LogP contribution in [0.4, 0.5) is 0 Å². The van der Waals surface area contributed by atoms with E-state index in [0.717, 1.165) is 11.3 Å². The second kappa shape index (κ2) is 8.72. The van der Waals surface area contributed by atoms with Gasteiger partial charge in [-0.3, -0.25) is 4.79 Å². The lowest BCUT2D eigenvalue weighted by molar-refractivity contribution is -0.116. The van der Waals surface area contributed by atoms with E-state index in [1.165, 1.54) is 24.3 Å². The van der Waals surface area contributed by atoms with Gasteiger partial charge < -0.3 is 20.3 Å². The normalized spacial score (nSPS) is 10.9.